The van der Waals surface area contributed by atoms with Crippen LogP contribution in [0, 0.1) is 16.7 Å². The molecule has 0 aromatic rings. The number of nitrogens with one attached hydrogen (secondary N) is 2. The highest BCUT2D eigenvalue weighted by atomic mass is 31.2. The molecule has 10 heteroatoms. The Morgan fingerprint density at radius 2 is 1.64 bits per heavy atom. The number of hydrogen-bond donors (Lipinski definition) is 4. The van der Waals surface area contributed by atoms with Gasteiger partial charge in [-0.1, -0.05) is 48.5 Å². The van der Waals surface area contributed by atoms with Crippen LogP contribution in [0.5, 0.6) is 0 Å². The van der Waals surface area contributed by atoms with Crippen molar-refractivity contribution in [2.75, 3.05) is 26.3 Å². The van der Waals surface area contributed by atoms with Gasteiger partial charge in [0.05, 0.1) is 13.2 Å². The van der Waals surface area contributed by atoms with Crippen LogP contribution in [0.1, 0.15) is 54.9 Å². The molecule has 0 saturated heterocycles. The van der Waals surface area contributed by atoms with Crippen molar-refractivity contribution in [2.45, 2.75) is 61.0 Å². The van der Waals surface area contributed by atoms with E-state index in [4.69, 9.17) is 9.05 Å². The zero-order valence-electron chi connectivity index (χ0n) is 18.1. The van der Waals surface area contributed by atoms with Crippen LogP contribution in [-0.4, -0.2) is 54.2 Å². The summed E-state index contributed by atoms with van der Waals surface area (Å²) in [6.45, 7) is 13.0. The fraction of sp³-hybridized carbons (Fsp3) is 0.889. The molecule has 4 N–H and O–H groups in total. The molecule has 9 nitrogen and oxygen atoms in total. The molecule has 0 aromatic heterocycles. The number of hydrogen-bond acceptors (Lipinski definition) is 6. The van der Waals surface area contributed by atoms with Crippen molar-refractivity contribution < 1.29 is 33.2 Å². The summed E-state index contributed by atoms with van der Waals surface area (Å²) in [7, 11) is -4.26. The van der Waals surface area contributed by atoms with E-state index < -0.39 is 25.2 Å². The molecule has 0 aliphatic heterocycles. The highest BCUT2D eigenvalue weighted by Crippen LogP contribution is 2.45. The second-order valence-electron chi connectivity index (χ2n) is 9.20. The van der Waals surface area contributed by atoms with E-state index in [1.807, 2.05) is 34.6 Å². The number of phosphoric ester groups is 1. The Labute approximate surface area is 168 Å². The largest absolute Gasteiger partial charge is 0.472 e. The molecule has 2 atom stereocenters. The van der Waals surface area contributed by atoms with Crippen LogP contribution in [0.15, 0.2) is 0 Å². The van der Waals surface area contributed by atoms with Gasteiger partial charge in [-0.2, -0.15) is 0 Å². The van der Waals surface area contributed by atoms with E-state index in [2.05, 4.69) is 10.6 Å². The molecule has 2 unspecified atom stereocenters. The lowest BCUT2D eigenvalue weighted by atomic mass is 9.87. The number of amides is 2. The first-order chi connectivity index (χ1) is 12.6. The minimum Gasteiger partial charge on any atom is -0.383 e. The van der Waals surface area contributed by atoms with Crippen molar-refractivity contribution in [1.29, 1.82) is 0 Å². The Bertz CT molecular complexity index is 559. The van der Waals surface area contributed by atoms with Gasteiger partial charge in [-0.25, -0.2) is 4.57 Å². The standard InChI is InChI=1S/C18H37N2O7P/c1-13(2)10-26-28(24,25)27-12-18(6,7)15(22)16(23)19-9-8-14(21)20-11-17(3,4)5/h13,15,22H,8-12H2,1-7H3,(H,19,23)(H,20,21)(H,24,25). The third kappa shape index (κ3) is 12.5. The minimum atomic E-state index is -4.26. The van der Waals surface area contributed by atoms with Crippen LogP contribution in [0.3, 0.4) is 0 Å². The summed E-state index contributed by atoms with van der Waals surface area (Å²) in [5.41, 5.74) is -1.18. The number of phosphoric acid groups is 1. The van der Waals surface area contributed by atoms with E-state index in [0.717, 1.165) is 0 Å². The Kier molecular flexibility index (Phi) is 10.9. The van der Waals surface area contributed by atoms with E-state index in [1.165, 1.54) is 13.8 Å². The Hall–Kier alpha value is -0.990. The first-order valence-electron chi connectivity index (χ1n) is 9.40. The molecular formula is C18H37N2O7P. The minimum absolute atomic E-state index is 0.0375. The third-order valence-electron chi connectivity index (χ3n) is 3.63. The molecule has 0 aromatic carbocycles. The molecule has 0 bridgehead atoms. The lowest BCUT2D eigenvalue weighted by Gasteiger charge is -2.29. The molecule has 0 heterocycles. The summed E-state index contributed by atoms with van der Waals surface area (Å²) in [6, 6.07) is 0. The molecule has 2 amide bonds. The highest BCUT2D eigenvalue weighted by Gasteiger charge is 2.36. The predicted molar refractivity (Wildman–Crippen MR) is 106 cm³/mol. The quantitative estimate of drug-likeness (QED) is 0.351. The van der Waals surface area contributed by atoms with Crippen LogP contribution < -0.4 is 10.6 Å². The van der Waals surface area contributed by atoms with Crippen LogP contribution in [-0.2, 0) is 23.2 Å². The fourth-order valence-corrected chi connectivity index (χ4v) is 2.87. The molecule has 28 heavy (non-hydrogen) atoms. The number of aliphatic hydroxyl groups excluding tert-OH is 1. The third-order valence-corrected chi connectivity index (χ3v) is 4.56. The SMILES string of the molecule is CC(C)COP(=O)(O)OCC(C)(C)C(O)C(=O)NCCC(=O)NCC(C)(C)C. The van der Waals surface area contributed by atoms with Gasteiger partial charge in [0.1, 0.15) is 6.10 Å². The lowest BCUT2D eigenvalue weighted by Crippen LogP contribution is -2.46. The summed E-state index contributed by atoms with van der Waals surface area (Å²) in [5, 5.41) is 15.5. The summed E-state index contributed by atoms with van der Waals surface area (Å²) in [4.78, 5) is 33.5. The van der Waals surface area contributed by atoms with Gasteiger partial charge in [0.2, 0.25) is 11.8 Å². The van der Waals surface area contributed by atoms with Gasteiger partial charge in [0, 0.05) is 24.9 Å². The smallest absolute Gasteiger partial charge is 0.383 e. The van der Waals surface area contributed by atoms with Gasteiger partial charge in [0.15, 0.2) is 0 Å². The molecule has 0 aliphatic rings. The average molecular weight is 424 g/mol. The highest BCUT2D eigenvalue weighted by molar-refractivity contribution is 7.47. The molecule has 0 spiro atoms. The van der Waals surface area contributed by atoms with E-state index in [9.17, 15) is 24.2 Å². The van der Waals surface area contributed by atoms with Gasteiger partial charge in [-0.15, -0.1) is 0 Å². The Morgan fingerprint density at radius 3 is 2.14 bits per heavy atom. The molecule has 0 fully saturated rings. The average Bonchev–Trinajstić information content (AvgIpc) is 2.55. The normalized spacial score (nSPS) is 15.8. The van der Waals surface area contributed by atoms with Gasteiger partial charge in [0.25, 0.3) is 0 Å². The van der Waals surface area contributed by atoms with E-state index in [1.54, 1.807) is 0 Å². The molecule has 166 valence electrons. The number of aliphatic hydroxyl groups is 1. The maximum absolute atomic E-state index is 12.1. The van der Waals surface area contributed by atoms with Crippen LogP contribution in [0.4, 0.5) is 0 Å². The Morgan fingerprint density at radius 1 is 1.07 bits per heavy atom. The van der Waals surface area contributed by atoms with Crippen LogP contribution in [0.2, 0.25) is 0 Å². The number of carbonyl (C=O) groups excluding carboxylic acids is 2. The van der Waals surface area contributed by atoms with Crippen molar-refractivity contribution >= 4 is 19.6 Å². The zero-order valence-corrected chi connectivity index (χ0v) is 19.0. The summed E-state index contributed by atoms with van der Waals surface area (Å²) in [6.07, 6.45) is -1.41. The van der Waals surface area contributed by atoms with Crippen molar-refractivity contribution in [2.24, 2.45) is 16.7 Å². The van der Waals surface area contributed by atoms with Gasteiger partial charge in [-0.05, 0) is 11.3 Å². The summed E-state index contributed by atoms with van der Waals surface area (Å²) < 4.78 is 21.6. The molecular weight excluding hydrogens is 387 g/mol. The van der Waals surface area contributed by atoms with Crippen molar-refractivity contribution in [3.8, 4) is 0 Å². The van der Waals surface area contributed by atoms with Crippen molar-refractivity contribution in [3.63, 3.8) is 0 Å². The van der Waals surface area contributed by atoms with Crippen molar-refractivity contribution in [3.05, 3.63) is 0 Å². The van der Waals surface area contributed by atoms with Crippen LogP contribution in [0.25, 0.3) is 0 Å². The van der Waals surface area contributed by atoms with E-state index in [0.29, 0.717) is 6.54 Å². The van der Waals surface area contributed by atoms with Gasteiger partial charge < -0.3 is 20.6 Å². The maximum Gasteiger partial charge on any atom is 0.472 e. The van der Waals surface area contributed by atoms with E-state index in [-0.39, 0.29) is 43.4 Å². The fourth-order valence-electron chi connectivity index (χ4n) is 1.81. The molecule has 0 aliphatic carbocycles. The van der Waals surface area contributed by atoms with Gasteiger partial charge >= 0.3 is 7.82 Å². The second-order valence-corrected chi connectivity index (χ2v) is 10.7. The Balaban J connectivity index is 4.40. The number of rotatable bonds is 12. The molecule has 0 rings (SSSR count). The summed E-state index contributed by atoms with van der Waals surface area (Å²) in [5.74, 6) is -0.835. The van der Waals surface area contributed by atoms with Crippen molar-refractivity contribution in [1.82, 2.24) is 10.6 Å². The van der Waals surface area contributed by atoms with Gasteiger partial charge in [-0.3, -0.25) is 18.6 Å². The first-order valence-corrected chi connectivity index (χ1v) is 10.9. The summed E-state index contributed by atoms with van der Waals surface area (Å²) >= 11 is 0. The first kappa shape index (κ1) is 27.0. The molecule has 0 radical (unpaired) electrons. The number of carbonyl (C=O) groups is 2. The monoisotopic (exact) mass is 424 g/mol. The second kappa shape index (κ2) is 11.3. The molecule has 0 saturated carbocycles. The van der Waals surface area contributed by atoms with E-state index >= 15 is 0 Å². The predicted octanol–water partition coefficient (Wildman–Crippen LogP) is 1.83. The maximum atomic E-state index is 12.1. The zero-order chi connectivity index (χ0) is 22.2. The topological polar surface area (TPSA) is 134 Å². The lowest BCUT2D eigenvalue weighted by molar-refractivity contribution is -0.137. The van der Waals surface area contributed by atoms with Crippen LogP contribution >= 0.6 is 7.82 Å².